The molecule has 19 heteroatoms. The standard InChI is InChI=1S/C78H152O17P2/c1-8-9-10-11-12-13-14-15-16-17-18-19-22-26-31-40-47-54-61-77(82)94-73(65-88-75(80)59-52-45-38-30-25-23-20-21-24-28-35-42-49-56-69(2)3)67-92-96(84,85)90-63-72(79)64-91-97(86,87)93-68-74(66-89-76(81)60-53-46-39-34-33-37-44-51-58-71(6)7)95-78(83)62-55-48-41-32-27-29-36-43-50-57-70(4)5/h69-74,79H,8-68H2,1-7H3,(H,84,85)(H,86,87)/t72-,73-,74-/m1/s1. The second-order valence-corrected chi connectivity index (χ2v) is 32.4. The summed E-state index contributed by atoms with van der Waals surface area (Å²) in [6.45, 7) is 11.9. The van der Waals surface area contributed by atoms with Crippen molar-refractivity contribution in [3.05, 3.63) is 0 Å². The normalized spacial score (nSPS) is 14.0. The lowest BCUT2D eigenvalue weighted by atomic mass is 10.0. The van der Waals surface area contributed by atoms with Crippen LogP contribution in [0.2, 0.25) is 0 Å². The van der Waals surface area contributed by atoms with E-state index in [1.54, 1.807) is 0 Å². The summed E-state index contributed by atoms with van der Waals surface area (Å²) in [7, 11) is -9.92. The smallest absolute Gasteiger partial charge is 0.462 e. The van der Waals surface area contributed by atoms with Crippen LogP contribution in [-0.4, -0.2) is 96.7 Å². The van der Waals surface area contributed by atoms with Gasteiger partial charge in [-0.1, -0.05) is 350 Å². The van der Waals surface area contributed by atoms with Gasteiger partial charge in [0, 0.05) is 25.7 Å². The lowest BCUT2D eigenvalue weighted by Gasteiger charge is -2.21. The van der Waals surface area contributed by atoms with Gasteiger partial charge in [0.1, 0.15) is 19.3 Å². The first-order valence-corrected chi connectivity index (χ1v) is 43.3. The monoisotopic (exact) mass is 1420 g/mol. The zero-order valence-corrected chi connectivity index (χ0v) is 65.3. The Morgan fingerprint density at radius 1 is 0.278 bits per heavy atom. The third kappa shape index (κ3) is 72.2. The number of ether oxygens (including phenoxy) is 4. The zero-order chi connectivity index (χ0) is 71.6. The third-order valence-corrected chi connectivity index (χ3v) is 20.0. The number of aliphatic hydroxyl groups excluding tert-OH is 1. The summed E-state index contributed by atoms with van der Waals surface area (Å²) in [4.78, 5) is 72.9. The second-order valence-electron chi connectivity index (χ2n) is 29.5. The molecular weight excluding hydrogens is 1270 g/mol. The molecule has 0 aliphatic heterocycles. The minimum absolute atomic E-state index is 0.105. The molecule has 0 aliphatic carbocycles. The van der Waals surface area contributed by atoms with Crippen LogP contribution >= 0.6 is 15.6 Å². The van der Waals surface area contributed by atoms with Crippen molar-refractivity contribution in [1.29, 1.82) is 0 Å². The zero-order valence-electron chi connectivity index (χ0n) is 63.5. The number of hydrogen-bond acceptors (Lipinski definition) is 15. The van der Waals surface area contributed by atoms with Crippen LogP contribution in [0, 0.1) is 17.8 Å². The topological polar surface area (TPSA) is 237 Å². The number of carbonyl (C=O) groups excluding carboxylic acids is 4. The van der Waals surface area contributed by atoms with Crippen LogP contribution in [0.25, 0.3) is 0 Å². The van der Waals surface area contributed by atoms with Gasteiger partial charge in [-0.15, -0.1) is 0 Å². The summed E-state index contributed by atoms with van der Waals surface area (Å²) in [6, 6.07) is 0. The Morgan fingerprint density at radius 2 is 0.474 bits per heavy atom. The van der Waals surface area contributed by atoms with Crippen molar-refractivity contribution in [2.24, 2.45) is 17.8 Å². The number of phosphoric ester groups is 2. The van der Waals surface area contributed by atoms with Crippen molar-refractivity contribution >= 4 is 39.5 Å². The lowest BCUT2D eigenvalue weighted by Crippen LogP contribution is -2.30. The Kier molecular flexibility index (Phi) is 67.1. The molecule has 0 aliphatic rings. The highest BCUT2D eigenvalue weighted by atomic mass is 31.2. The van der Waals surface area contributed by atoms with Crippen LogP contribution in [0.4, 0.5) is 0 Å². The van der Waals surface area contributed by atoms with Crippen molar-refractivity contribution in [2.45, 2.75) is 420 Å². The maximum atomic E-state index is 13.1. The van der Waals surface area contributed by atoms with E-state index in [0.717, 1.165) is 108 Å². The number of carbonyl (C=O) groups is 4. The van der Waals surface area contributed by atoms with Gasteiger partial charge >= 0.3 is 39.5 Å². The highest BCUT2D eigenvalue weighted by Gasteiger charge is 2.30. The Hall–Kier alpha value is -1.94. The molecule has 0 radical (unpaired) electrons. The Labute approximate surface area is 594 Å². The number of hydrogen-bond donors (Lipinski definition) is 3. The lowest BCUT2D eigenvalue weighted by molar-refractivity contribution is -0.161. The Bertz CT molecular complexity index is 1890. The van der Waals surface area contributed by atoms with Gasteiger partial charge in [0.25, 0.3) is 0 Å². The minimum atomic E-state index is -4.96. The molecule has 17 nitrogen and oxygen atoms in total. The van der Waals surface area contributed by atoms with Crippen molar-refractivity contribution in [3.63, 3.8) is 0 Å². The molecule has 576 valence electrons. The Balaban J connectivity index is 5.25. The largest absolute Gasteiger partial charge is 0.472 e. The molecule has 0 aromatic heterocycles. The van der Waals surface area contributed by atoms with E-state index in [9.17, 15) is 43.2 Å². The highest BCUT2D eigenvalue weighted by Crippen LogP contribution is 2.45. The number of esters is 4. The average Bonchev–Trinajstić information content (AvgIpc) is 1.32. The SMILES string of the molecule is CCCCCCCCCCCCCCCCCCCCC(=O)O[C@H](COC(=O)CCCCCCCCCCCCCCCC(C)C)COP(=O)(O)OC[C@@H](O)COP(=O)(O)OC[C@@H](COC(=O)CCCCCCCCCCC(C)C)OC(=O)CCCCCCCCCCCC(C)C. The molecule has 5 atom stereocenters. The molecule has 0 spiro atoms. The molecule has 2 unspecified atom stereocenters. The van der Waals surface area contributed by atoms with Crippen LogP contribution in [0.3, 0.4) is 0 Å². The van der Waals surface area contributed by atoms with E-state index in [0.29, 0.717) is 25.7 Å². The summed E-state index contributed by atoms with van der Waals surface area (Å²) < 4.78 is 68.6. The second kappa shape index (κ2) is 68.5. The van der Waals surface area contributed by atoms with Crippen molar-refractivity contribution in [2.75, 3.05) is 39.6 Å². The molecule has 0 rings (SSSR count). The van der Waals surface area contributed by atoms with Crippen LogP contribution in [0.5, 0.6) is 0 Å². The van der Waals surface area contributed by atoms with E-state index < -0.39 is 97.5 Å². The molecular formula is C78H152O17P2. The van der Waals surface area contributed by atoms with E-state index in [4.69, 9.17) is 37.0 Å². The fourth-order valence-electron chi connectivity index (χ4n) is 12.0. The van der Waals surface area contributed by atoms with Crippen LogP contribution < -0.4 is 0 Å². The third-order valence-electron chi connectivity index (χ3n) is 18.1. The van der Waals surface area contributed by atoms with Gasteiger partial charge in [-0.3, -0.25) is 37.3 Å². The van der Waals surface area contributed by atoms with Gasteiger partial charge in [0.2, 0.25) is 0 Å². The number of phosphoric acid groups is 2. The Morgan fingerprint density at radius 3 is 0.701 bits per heavy atom. The maximum absolute atomic E-state index is 13.1. The van der Waals surface area contributed by atoms with Crippen LogP contribution in [0.1, 0.15) is 402 Å². The van der Waals surface area contributed by atoms with Crippen molar-refractivity contribution in [1.82, 2.24) is 0 Å². The fourth-order valence-corrected chi connectivity index (χ4v) is 13.5. The molecule has 3 N–H and O–H groups in total. The molecule has 0 aromatic rings. The minimum Gasteiger partial charge on any atom is -0.462 e. The maximum Gasteiger partial charge on any atom is 0.472 e. The first-order chi connectivity index (χ1) is 46.7. The molecule has 0 saturated heterocycles. The molecule has 0 fully saturated rings. The predicted molar refractivity (Wildman–Crippen MR) is 395 cm³/mol. The highest BCUT2D eigenvalue weighted by molar-refractivity contribution is 7.47. The van der Waals surface area contributed by atoms with E-state index in [2.05, 4.69) is 48.5 Å². The summed E-state index contributed by atoms with van der Waals surface area (Å²) in [5.41, 5.74) is 0. The average molecular weight is 1420 g/mol. The summed E-state index contributed by atoms with van der Waals surface area (Å²) in [5, 5.41) is 10.6. The van der Waals surface area contributed by atoms with Gasteiger partial charge in [-0.05, 0) is 43.4 Å². The van der Waals surface area contributed by atoms with Gasteiger partial charge in [0.05, 0.1) is 26.4 Å². The van der Waals surface area contributed by atoms with Crippen LogP contribution in [0.15, 0.2) is 0 Å². The van der Waals surface area contributed by atoms with Crippen molar-refractivity contribution in [3.8, 4) is 0 Å². The quantitative estimate of drug-likeness (QED) is 0.0222. The van der Waals surface area contributed by atoms with Crippen LogP contribution in [-0.2, 0) is 65.4 Å². The van der Waals surface area contributed by atoms with Gasteiger partial charge in [-0.2, -0.15) is 0 Å². The van der Waals surface area contributed by atoms with E-state index in [1.165, 1.54) is 212 Å². The number of aliphatic hydroxyl groups is 1. The molecule has 0 amide bonds. The molecule has 0 heterocycles. The van der Waals surface area contributed by atoms with E-state index in [-0.39, 0.29) is 25.7 Å². The first-order valence-electron chi connectivity index (χ1n) is 40.3. The summed E-state index contributed by atoms with van der Waals surface area (Å²) in [5.74, 6) is 0.138. The van der Waals surface area contributed by atoms with Crippen molar-refractivity contribution < 1.29 is 80.2 Å². The van der Waals surface area contributed by atoms with E-state index in [1.807, 2.05) is 0 Å². The van der Waals surface area contributed by atoms with Gasteiger partial charge in [0.15, 0.2) is 12.2 Å². The molecule has 0 bridgehead atoms. The molecule has 0 aromatic carbocycles. The van der Waals surface area contributed by atoms with Gasteiger partial charge in [-0.25, -0.2) is 9.13 Å². The summed E-state index contributed by atoms with van der Waals surface area (Å²) in [6.07, 6.45) is 55.5. The molecule has 0 saturated carbocycles. The fraction of sp³-hybridized carbons (Fsp3) is 0.949. The summed E-state index contributed by atoms with van der Waals surface area (Å²) >= 11 is 0. The van der Waals surface area contributed by atoms with Gasteiger partial charge < -0.3 is 33.8 Å². The first kappa shape index (κ1) is 95.1. The predicted octanol–water partition coefficient (Wildman–Crippen LogP) is 23.0. The number of rotatable bonds is 76. The van der Waals surface area contributed by atoms with E-state index >= 15 is 0 Å². The molecule has 97 heavy (non-hydrogen) atoms. The number of unbranched alkanes of at least 4 members (excludes halogenated alkanes) is 44.